The van der Waals surface area contributed by atoms with Crippen LogP contribution in [0.1, 0.15) is 0 Å². The van der Waals surface area contributed by atoms with Crippen LogP contribution in [0.2, 0.25) is 0 Å². The van der Waals surface area contributed by atoms with Crippen LogP contribution in [0.5, 0.6) is 0 Å². The van der Waals surface area contributed by atoms with Crippen molar-refractivity contribution >= 4 is 34.7 Å². The number of fused-ring (bicyclic) bond motifs is 1. The molecule has 172 valence electrons. The molecule has 2 aliphatic heterocycles. The van der Waals surface area contributed by atoms with Gasteiger partial charge in [0.05, 0.1) is 31.6 Å². The molecule has 2 fully saturated rings. The van der Waals surface area contributed by atoms with Gasteiger partial charge in [-0.2, -0.15) is 0 Å². The SMILES string of the molecule is CN(C)c1ccc(NC(=S)NC2COC3C(Nc4nccc(-c5ccco5)n4)COC23)cc1. The number of rotatable bonds is 6. The van der Waals surface area contributed by atoms with E-state index in [0.717, 1.165) is 17.1 Å². The molecule has 10 heteroatoms. The minimum Gasteiger partial charge on any atom is -0.463 e. The molecule has 33 heavy (non-hydrogen) atoms. The first-order valence-electron chi connectivity index (χ1n) is 10.8. The molecule has 4 unspecified atom stereocenters. The summed E-state index contributed by atoms with van der Waals surface area (Å²) >= 11 is 5.52. The van der Waals surface area contributed by atoms with Crippen LogP contribution in [0.4, 0.5) is 17.3 Å². The molecule has 2 saturated heterocycles. The van der Waals surface area contributed by atoms with Gasteiger partial charge >= 0.3 is 0 Å². The predicted molar refractivity (Wildman–Crippen MR) is 131 cm³/mol. The first-order valence-corrected chi connectivity index (χ1v) is 11.2. The predicted octanol–water partition coefficient (Wildman–Crippen LogP) is 2.74. The maximum Gasteiger partial charge on any atom is 0.223 e. The molecule has 4 atom stereocenters. The first kappa shape index (κ1) is 21.6. The van der Waals surface area contributed by atoms with E-state index in [4.69, 9.17) is 26.1 Å². The van der Waals surface area contributed by atoms with Gasteiger partial charge in [0.15, 0.2) is 10.9 Å². The Morgan fingerprint density at radius 1 is 1.03 bits per heavy atom. The summed E-state index contributed by atoms with van der Waals surface area (Å²) in [7, 11) is 4.02. The number of nitrogens with one attached hydrogen (secondary N) is 3. The smallest absolute Gasteiger partial charge is 0.223 e. The fraction of sp³-hybridized carbons (Fsp3) is 0.348. The van der Waals surface area contributed by atoms with Gasteiger partial charge in [0, 0.05) is 31.7 Å². The van der Waals surface area contributed by atoms with E-state index >= 15 is 0 Å². The molecule has 0 bridgehead atoms. The van der Waals surface area contributed by atoms with E-state index in [1.165, 1.54) is 0 Å². The molecular weight excluding hydrogens is 440 g/mol. The Balaban J connectivity index is 1.17. The van der Waals surface area contributed by atoms with E-state index in [2.05, 4.69) is 30.8 Å². The molecule has 0 spiro atoms. The molecule has 4 heterocycles. The van der Waals surface area contributed by atoms with Crippen molar-refractivity contribution in [2.24, 2.45) is 0 Å². The summed E-state index contributed by atoms with van der Waals surface area (Å²) < 4.78 is 17.5. The quantitative estimate of drug-likeness (QED) is 0.471. The van der Waals surface area contributed by atoms with E-state index in [0.29, 0.717) is 30.0 Å². The van der Waals surface area contributed by atoms with Crippen molar-refractivity contribution in [2.75, 3.05) is 42.8 Å². The summed E-state index contributed by atoms with van der Waals surface area (Å²) in [6, 6.07) is 13.5. The topological polar surface area (TPSA) is 96.7 Å². The zero-order chi connectivity index (χ0) is 22.8. The van der Waals surface area contributed by atoms with Gasteiger partial charge in [0.1, 0.15) is 17.9 Å². The van der Waals surface area contributed by atoms with Crippen LogP contribution in [0.15, 0.2) is 59.3 Å². The highest BCUT2D eigenvalue weighted by Crippen LogP contribution is 2.29. The summed E-state index contributed by atoms with van der Waals surface area (Å²) in [5.74, 6) is 1.20. The highest BCUT2D eigenvalue weighted by Gasteiger charge is 2.48. The van der Waals surface area contributed by atoms with Gasteiger partial charge < -0.3 is 34.7 Å². The number of ether oxygens (including phenoxy) is 2. The Hall–Kier alpha value is -3.21. The zero-order valence-electron chi connectivity index (χ0n) is 18.4. The lowest BCUT2D eigenvalue weighted by atomic mass is 10.1. The van der Waals surface area contributed by atoms with Crippen LogP contribution >= 0.6 is 12.2 Å². The Morgan fingerprint density at radius 3 is 2.52 bits per heavy atom. The number of benzene rings is 1. The fourth-order valence-corrected chi connectivity index (χ4v) is 4.35. The van der Waals surface area contributed by atoms with Crippen molar-refractivity contribution < 1.29 is 13.9 Å². The van der Waals surface area contributed by atoms with Crippen molar-refractivity contribution in [1.29, 1.82) is 0 Å². The van der Waals surface area contributed by atoms with Crippen molar-refractivity contribution in [2.45, 2.75) is 24.3 Å². The monoisotopic (exact) mass is 466 g/mol. The third-order valence-corrected chi connectivity index (χ3v) is 5.98. The Labute approximate surface area is 197 Å². The van der Waals surface area contributed by atoms with Crippen molar-refractivity contribution in [3.8, 4) is 11.5 Å². The number of nitrogens with zero attached hydrogens (tertiary/aromatic N) is 3. The number of thiocarbonyl (C=S) groups is 1. The van der Waals surface area contributed by atoms with E-state index in [-0.39, 0.29) is 24.3 Å². The summed E-state index contributed by atoms with van der Waals surface area (Å²) in [6.07, 6.45) is 3.08. The second-order valence-electron chi connectivity index (χ2n) is 8.24. The molecule has 0 aliphatic carbocycles. The Morgan fingerprint density at radius 2 is 1.79 bits per heavy atom. The maximum absolute atomic E-state index is 6.05. The van der Waals surface area contributed by atoms with Crippen molar-refractivity contribution in [3.63, 3.8) is 0 Å². The zero-order valence-corrected chi connectivity index (χ0v) is 19.2. The largest absolute Gasteiger partial charge is 0.463 e. The Bertz CT molecular complexity index is 1090. The van der Waals surface area contributed by atoms with Crippen LogP contribution in [0.3, 0.4) is 0 Å². The third-order valence-electron chi connectivity index (χ3n) is 5.76. The summed E-state index contributed by atoms with van der Waals surface area (Å²) in [4.78, 5) is 10.9. The van der Waals surface area contributed by atoms with E-state index in [9.17, 15) is 0 Å². The average Bonchev–Trinajstić information content (AvgIpc) is 3.55. The second-order valence-corrected chi connectivity index (χ2v) is 8.64. The molecule has 5 rings (SSSR count). The normalized spacial score (nSPS) is 23.7. The van der Waals surface area contributed by atoms with E-state index in [1.54, 1.807) is 12.5 Å². The van der Waals surface area contributed by atoms with Crippen LogP contribution in [-0.2, 0) is 9.47 Å². The molecular formula is C23H26N6O3S. The van der Waals surface area contributed by atoms with Crippen LogP contribution < -0.4 is 20.9 Å². The highest BCUT2D eigenvalue weighted by atomic mass is 32.1. The number of hydrogen-bond acceptors (Lipinski definition) is 8. The molecule has 2 aromatic heterocycles. The second kappa shape index (κ2) is 9.34. The maximum atomic E-state index is 6.05. The molecule has 3 aromatic rings. The first-order chi connectivity index (χ1) is 16.1. The lowest BCUT2D eigenvalue weighted by Gasteiger charge is -2.20. The summed E-state index contributed by atoms with van der Waals surface area (Å²) in [5, 5.41) is 10.5. The van der Waals surface area contributed by atoms with Crippen molar-refractivity contribution in [3.05, 3.63) is 54.9 Å². The molecule has 0 amide bonds. The van der Waals surface area contributed by atoms with Crippen LogP contribution in [0.25, 0.3) is 11.5 Å². The Kier molecular flexibility index (Phi) is 6.12. The molecule has 9 nitrogen and oxygen atoms in total. The number of aromatic nitrogens is 2. The van der Waals surface area contributed by atoms with Crippen LogP contribution in [-0.4, -0.2) is 66.7 Å². The molecule has 2 aliphatic rings. The summed E-state index contributed by atoms with van der Waals surface area (Å²) in [6.45, 7) is 0.996. The van der Waals surface area contributed by atoms with E-state index < -0.39 is 0 Å². The van der Waals surface area contributed by atoms with E-state index in [1.807, 2.05) is 56.6 Å². The minimum absolute atomic E-state index is 0.0433. The van der Waals surface area contributed by atoms with Gasteiger partial charge in [-0.3, -0.25) is 0 Å². The molecule has 3 N–H and O–H groups in total. The van der Waals surface area contributed by atoms with Gasteiger partial charge in [-0.25, -0.2) is 9.97 Å². The van der Waals surface area contributed by atoms with Gasteiger partial charge in [-0.05, 0) is 54.7 Å². The summed E-state index contributed by atoms with van der Waals surface area (Å²) in [5.41, 5.74) is 2.77. The standard InChI is InChI=1S/C23H26N6O3S/c1-29(2)15-7-5-14(6-8-15)25-23(33)28-18-13-32-20-17(12-31-21(18)20)27-22-24-10-9-16(26-22)19-4-3-11-30-19/h3-11,17-18,20-21H,12-13H2,1-2H3,(H,24,26,27)(H2,25,28,33). The lowest BCUT2D eigenvalue weighted by molar-refractivity contribution is 0.0689. The number of hydrogen-bond donors (Lipinski definition) is 3. The van der Waals surface area contributed by atoms with Crippen molar-refractivity contribution in [1.82, 2.24) is 15.3 Å². The minimum atomic E-state index is -0.124. The average molecular weight is 467 g/mol. The number of anilines is 3. The van der Waals surface area contributed by atoms with Gasteiger partial charge in [-0.1, -0.05) is 0 Å². The van der Waals surface area contributed by atoms with Gasteiger partial charge in [-0.15, -0.1) is 0 Å². The van der Waals surface area contributed by atoms with Gasteiger partial charge in [0.25, 0.3) is 0 Å². The van der Waals surface area contributed by atoms with Gasteiger partial charge in [0.2, 0.25) is 5.95 Å². The molecule has 0 saturated carbocycles. The van der Waals surface area contributed by atoms with Crippen LogP contribution in [0, 0.1) is 0 Å². The third kappa shape index (κ3) is 4.77. The fourth-order valence-electron chi connectivity index (χ4n) is 4.08. The number of furan rings is 1. The lowest BCUT2D eigenvalue weighted by Crippen LogP contribution is -2.46. The molecule has 1 aromatic carbocycles. The highest BCUT2D eigenvalue weighted by molar-refractivity contribution is 7.80. The molecule has 0 radical (unpaired) electrons.